The standard InChI is InChI=1S/C12H17N3O2S/c16-11(17)9-4-2-1-3-7-15(9)12-13-10(14-18-12)8-5-6-8/h8-9H,1-7H2,(H,16,17). The van der Waals surface area contributed by atoms with Gasteiger partial charge in [-0.2, -0.15) is 4.37 Å². The predicted octanol–water partition coefficient (Wildman–Crippen LogP) is 2.25. The van der Waals surface area contributed by atoms with Crippen LogP contribution in [0.4, 0.5) is 5.13 Å². The zero-order chi connectivity index (χ0) is 12.5. The average molecular weight is 267 g/mol. The first-order valence-electron chi connectivity index (χ1n) is 6.59. The van der Waals surface area contributed by atoms with Crippen molar-refractivity contribution in [2.24, 2.45) is 0 Å². The van der Waals surface area contributed by atoms with Gasteiger partial charge in [0.25, 0.3) is 0 Å². The van der Waals surface area contributed by atoms with Crippen LogP contribution < -0.4 is 4.90 Å². The fourth-order valence-electron chi connectivity index (χ4n) is 2.44. The number of carboxylic acid groups (broad SMARTS) is 1. The van der Waals surface area contributed by atoms with Crippen LogP contribution in [0.2, 0.25) is 0 Å². The molecule has 6 heteroatoms. The van der Waals surface area contributed by atoms with Crippen molar-refractivity contribution in [1.29, 1.82) is 0 Å². The van der Waals surface area contributed by atoms with Crippen molar-refractivity contribution in [3.63, 3.8) is 0 Å². The minimum absolute atomic E-state index is 0.424. The van der Waals surface area contributed by atoms with Crippen molar-refractivity contribution in [1.82, 2.24) is 9.36 Å². The summed E-state index contributed by atoms with van der Waals surface area (Å²) >= 11 is 1.36. The lowest BCUT2D eigenvalue weighted by atomic mass is 10.1. The molecule has 2 aliphatic rings. The summed E-state index contributed by atoms with van der Waals surface area (Å²) in [6, 6.07) is -0.424. The first-order valence-corrected chi connectivity index (χ1v) is 7.36. The predicted molar refractivity (Wildman–Crippen MR) is 69.1 cm³/mol. The van der Waals surface area contributed by atoms with Crippen LogP contribution in [0.1, 0.15) is 50.3 Å². The normalized spacial score (nSPS) is 24.9. The minimum atomic E-state index is -0.736. The highest BCUT2D eigenvalue weighted by atomic mass is 32.1. The second-order valence-electron chi connectivity index (χ2n) is 5.11. The van der Waals surface area contributed by atoms with Crippen molar-refractivity contribution in [3.8, 4) is 0 Å². The molecular weight excluding hydrogens is 250 g/mol. The summed E-state index contributed by atoms with van der Waals surface area (Å²) in [5, 5.41) is 10.1. The molecule has 1 aliphatic heterocycles. The summed E-state index contributed by atoms with van der Waals surface area (Å²) < 4.78 is 4.37. The summed E-state index contributed by atoms with van der Waals surface area (Å²) in [7, 11) is 0. The van der Waals surface area contributed by atoms with Crippen molar-refractivity contribution >= 4 is 22.6 Å². The van der Waals surface area contributed by atoms with Gasteiger partial charge in [-0.1, -0.05) is 12.8 Å². The lowest BCUT2D eigenvalue weighted by molar-refractivity contribution is -0.138. The molecule has 2 fully saturated rings. The highest BCUT2D eigenvalue weighted by molar-refractivity contribution is 7.09. The fourth-order valence-corrected chi connectivity index (χ4v) is 3.27. The Labute approximate surface area is 110 Å². The Bertz CT molecular complexity index is 444. The zero-order valence-electron chi connectivity index (χ0n) is 10.2. The molecular formula is C12H17N3O2S. The van der Waals surface area contributed by atoms with Gasteiger partial charge in [0.05, 0.1) is 0 Å². The smallest absolute Gasteiger partial charge is 0.326 e. The Morgan fingerprint density at radius 3 is 2.83 bits per heavy atom. The van der Waals surface area contributed by atoms with Gasteiger partial charge in [-0.15, -0.1) is 0 Å². The van der Waals surface area contributed by atoms with E-state index in [9.17, 15) is 9.90 Å². The van der Waals surface area contributed by atoms with Gasteiger partial charge in [-0.3, -0.25) is 0 Å². The van der Waals surface area contributed by atoms with E-state index in [-0.39, 0.29) is 0 Å². The molecule has 0 amide bonds. The quantitative estimate of drug-likeness (QED) is 0.909. The van der Waals surface area contributed by atoms with Crippen LogP contribution in [0.15, 0.2) is 0 Å². The maximum atomic E-state index is 11.4. The van der Waals surface area contributed by atoms with Gasteiger partial charge in [0.15, 0.2) is 0 Å². The van der Waals surface area contributed by atoms with Gasteiger partial charge in [0.2, 0.25) is 5.13 Å². The Kier molecular flexibility index (Phi) is 3.20. The average Bonchev–Trinajstić information content (AvgIpc) is 3.13. The SMILES string of the molecule is O=C(O)C1CCCCCN1c1nc(C2CC2)ns1. The fraction of sp³-hybridized carbons (Fsp3) is 0.750. The van der Waals surface area contributed by atoms with E-state index >= 15 is 0 Å². The molecule has 18 heavy (non-hydrogen) atoms. The summed E-state index contributed by atoms with van der Waals surface area (Å²) in [5.74, 6) is 0.716. The van der Waals surface area contributed by atoms with Crippen molar-refractivity contribution in [3.05, 3.63) is 5.82 Å². The van der Waals surface area contributed by atoms with Crippen LogP contribution in [-0.2, 0) is 4.79 Å². The molecule has 1 aromatic heterocycles. The number of hydrogen-bond acceptors (Lipinski definition) is 5. The molecule has 0 spiro atoms. The summed E-state index contributed by atoms with van der Waals surface area (Å²) in [5.41, 5.74) is 0. The third-order valence-corrected chi connectivity index (χ3v) is 4.42. The molecule has 1 unspecified atom stereocenters. The Hall–Kier alpha value is -1.17. The number of carbonyl (C=O) groups is 1. The Balaban J connectivity index is 1.82. The lowest BCUT2D eigenvalue weighted by Crippen LogP contribution is -2.40. The number of nitrogens with zero attached hydrogens (tertiary/aromatic N) is 3. The van der Waals surface area contributed by atoms with Gasteiger partial charge in [-0.05, 0) is 25.7 Å². The summed E-state index contributed by atoms with van der Waals surface area (Å²) in [6.07, 6.45) is 6.21. The van der Waals surface area contributed by atoms with E-state index in [1.165, 1.54) is 24.4 Å². The first-order chi connectivity index (χ1) is 8.75. The highest BCUT2D eigenvalue weighted by Gasteiger charge is 2.32. The van der Waals surface area contributed by atoms with E-state index in [0.29, 0.717) is 12.3 Å². The first kappa shape index (κ1) is 11.9. The third kappa shape index (κ3) is 2.34. The second kappa shape index (κ2) is 4.84. The number of aliphatic carboxylic acids is 1. The topological polar surface area (TPSA) is 66.3 Å². The van der Waals surface area contributed by atoms with Crippen molar-refractivity contribution < 1.29 is 9.90 Å². The van der Waals surface area contributed by atoms with Crippen LogP contribution in [0, 0.1) is 0 Å². The lowest BCUT2D eigenvalue weighted by Gasteiger charge is -2.25. The molecule has 0 bridgehead atoms. The number of anilines is 1. The molecule has 0 aromatic carbocycles. The molecule has 0 radical (unpaired) electrons. The largest absolute Gasteiger partial charge is 0.480 e. The van der Waals surface area contributed by atoms with Crippen LogP contribution in [0.3, 0.4) is 0 Å². The maximum absolute atomic E-state index is 11.4. The van der Waals surface area contributed by atoms with E-state index < -0.39 is 12.0 Å². The molecule has 3 rings (SSSR count). The third-order valence-electron chi connectivity index (χ3n) is 3.66. The zero-order valence-corrected chi connectivity index (χ0v) is 11.0. The van der Waals surface area contributed by atoms with Crippen molar-refractivity contribution in [2.75, 3.05) is 11.4 Å². The van der Waals surface area contributed by atoms with Crippen molar-refractivity contribution in [2.45, 2.75) is 50.5 Å². The Morgan fingerprint density at radius 1 is 1.28 bits per heavy atom. The highest BCUT2D eigenvalue weighted by Crippen LogP contribution is 2.40. The van der Waals surface area contributed by atoms with Crippen LogP contribution in [0.25, 0.3) is 0 Å². The van der Waals surface area contributed by atoms with Gasteiger partial charge >= 0.3 is 5.97 Å². The Morgan fingerprint density at radius 2 is 2.11 bits per heavy atom. The molecule has 2 heterocycles. The molecule has 1 N–H and O–H groups in total. The summed E-state index contributed by atoms with van der Waals surface area (Å²) in [4.78, 5) is 17.8. The molecule has 1 atom stereocenters. The molecule has 1 saturated heterocycles. The molecule has 1 aliphatic carbocycles. The summed E-state index contributed by atoms with van der Waals surface area (Å²) in [6.45, 7) is 0.788. The van der Waals surface area contributed by atoms with Gasteiger partial charge in [-0.25, -0.2) is 9.78 Å². The monoisotopic (exact) mass is 267 g/mol. The van der Waals surface area contributed by atoms with Gasteiger partial charge in [0.1, 0.15) is 11.9 Å². The molecule has 5 nitrogen and oxygen atoms in total. The van der Waals surface area contributed by atoms with Crippen LogP contribution in [0.5, 0.6) is 0 Å². The number of aromatic nitrogens is 2. The van der Waals surface area contributed by atoms with E-state index in [1.54, 1.807) is 0 Å². The number of carboxylic acids is 1. The number of rotatable bonds is 3. The van der Waals surface area contributed by atoms with E-state index in [0.717, 1.165) is 36.8 Å². The van der Waals surface area contributed by atoms with E-state index in [1.807, 2.05) is 4.90 Å². The molecule has 1 aromatic rings. The molecule has 98 valence electrons. The van der Waals surface area contributed by atoms with Crippen LogP contribution in [-0.4, -0.2) is 33.0 Å². The number of hydrogen-bond donors (Lipinski definition) is 1. The van der Waals surface area contributed by atoms with Gasteiger partial charge in [0, 0.05) is 24.0 Å². The second-order valence-corrected chi connectivity index (χ2v) is 5.84. The minimum Gasteiger partial charge on any atom is -0.480 e. The van der Waals surface area contributed by atoms with E-state index in [2.05, 4.69) is 9.36 Å². The molecule has 1 saturated carbocycles. The van der Waals surface area contributed by atoms with Gasteiger partial charge < -0.3 is 10.0 Å². The maximum Gasteiger partial charge on any atom is 0.326 e. The van der Waals surface area contributed by atoms with Crippen LogP contribution >= 0.6 is 11.5 Å². The van der Waals surface area contributed by atoms with E-state index in [4.69, 9.17) is 0 Å².